The third-order valence-corrected chi connectivity index (χ3v) is 5.86. The van der Waals surface area contributed by atoms with Gasteiger partial charge in [-0.1, -0.05) is 19.1 Å². The van der Waals surface area contributed by atoms with E-state index in [9.17, 15) is 21.6 Å². The molecular formula is C21H18F3N3O3S. The third kappa shape index (κ3) is 3.60. The van der Waals surface area contributed by atoms with Crippen LogP contribution in [0.4, 0.5) is 13.2 Å². The maximum absolute atomic E-state index is 12.6. The summed E-state index contributed by atoms with van der Waals surface area (Å²) in [7, 11) is -5.75. The van der Waals surface area contributed by atoms with Gasteiger partial charge in [0.2, 0.25) is 0 Å². The normalized spacial score (nSPS) is 12.6. The molecule has 31 heavy (non-hydrogen) atoms. The molecule has 0 atom stereocenters. The smallest absolute Gasteiger partial charge is 0.376 e. The van der Waals surface area contributed by atoms with Gasteiger partial charge in [-0.2, -0.15) is 21.6 Å². The summed E-state index contributed by atoms with van der Waals surface area (Å²) in [6.07, 6.45) is 0.635. The van der Waals surface area contributed by atoms with Crippen LogP contribution in [0.15, 0.2) is 42.5 Å². The van der Waals surface area contributed by atoms with Gasteiger partial charge in [0.05, 0.1) is 5.69 Å². The Morgan fingerprint density at radius 3 is 2.48 bits per heavy atom. The number of halogens is 3. The van der Waals surface area contributed by atoms with Gasteiger partial charge in [0.25, 0.3) is 0 Å². The Kier molecular flexibility index (Phi) is 4.92. The minimum absolute atomic E-state index is 0.419. The van der Waals surface area contributed by atoms with Crippen molar-refractivity contribution in [3.05, 3.63) is 59.5 Å². The van der Waals surface area contributed by atoms with Crippen molar-refractivity contribution in [2.24, 2.45) is 0 Å². The number of imidazole rings is 1. The second-order valence-electron chi connectivity index (χ2n) is 7.11. The van der Waals surface area contributed by atoms with Crippen LogP contribution in [-0.4, -0.2) is 28.5 Å². The Bertz CT molecular complexity index is 1430. The van der Waals surface area contributed by atoms with Crippen LogP contribution in [-0.2, 0) is 16.5 Å². The molecule has 0 unspecified atom stereocenters. The highest BCUT2D eigenvalue weighted by Gasteiger charge is 2.48. The molecule has 6 nitrogen and oxygen atoms in total. The van der Waals surface area contributed by atoms with Crippen molar-refractivity contribution in [3.8, 4) is 11.4 Å². The highest BCUT2D eigenvalue weighted by Crippen LogP contribution is 2.32. The lowest BCUT2D eigenvalue weighted by Crippen LogP contribution is -2.28. The van der Waals surface area contributed by atoms with E-state index in [0.29, 0.717) is 22.8 Å². The first-order valence-electron chi connectivity index (χ1n) is 9.41. The van der Waals surface area contributed by atoms with E-state index in [1.165, 1.54) is 18.2 Å². The molecule has 4 rings (SSSR count). The summed E-state index contributed by atoms with van der Waals surface area (Å²) in [5.74, 6) is 0.363. The van der Waals surface area contributed by atoms with Crippen LogP contribution in [0.2, 0.25) is 0 Å². The Morgan fingerprint density at radius 2 is 1.81 bits per heavy atom. The number of aryl methyl sites for hydroxylation is 3. The lowest BCUT2D eigenvalue weighted by Gasteiger charge is -2.13. The highest BCUT2D eigenvalue weighted by atomic mass is 32.2. The number of nitrogens with zero attached hydrogens (tertiary/aromatic N) is 3. The van der Waals surface area contributed by atoms with E-state index in [2.05, 4.69) is 9.17 Å². The molecule has 0 aliphatic carbocycles. The van der Waals surface area contributed by atoms with Gasteiger partial charge in [0.1, 0.15) is 17.1 Å². The van der Waals surface area contributed by atoms with E-state index in [1.54, 1.807) is 12.1 Å². The monoisotopic (exact) mass is 449 g/mol. The average molecular weight is 449 g/mol. The van der Waals surface area contributed by atoms with Gasteiger partial charge < -0.3 is 4.18 Å². The standard InChI is InChI=1S/C21H18F3N3O3S/c1-4-18-26-19-12(2)10-13(3)25-20(19)27(18)17-7-5-6-14-11-15(8-9-16(14)17)30-31(28,29)21(22,23)24/h5-11H,4H2,1-3H3. The molecule has 162 valence electrons. The number of hydrogen-bond acceptors (Lipinski definition) is 5. The number of alkyl halides is 3. The second-order valence-corrected chi connectivity index (χ2v) is 8.65. The van der Waals surface area contributed by atoms with Crippen LogP contribution >= 0.6 is 0 Å². The fourth-order valence-corrected chi connectivity index (χ4v) is 4.01. The van der Waals surface area contributed by atoms with Crippen LogP contribution in [0.25, 0.3) is 27.6 Å². The molecule has 0 aliphatic rings. The molecule has 0 saturated carbocycles. The number of pyridine rings is 1. The van der Waals surface area contributed by atoms with E-state index >= 15 is 0 Å². The zero-order valence-corrected chi connectivity index (χ0v) is 17.7. The summed E-state index contributed by atoms with van der Waals surface area (Å²) in [4.78, 5) is 9.37. The molecule has 10 heteroatoms. The molecular weight excluding hydrogens is 431 g/mol. The van der Waals surface area contributed by atoms with Crippen molar-refractivity contribution >= 4 is 32.1 Å². The van der Waals surface area contributed by atoms with Crippen LogP contribution in [0, 0.1) is 13.8 Å². The molecule has 2 heterocycles. The van der Waals surface area contributed by atoms with Crippen molar-refractivity contribution in [2.45, 2.75) is 32.7 Å². The van der Waals surface area contributed by atoms with Crippen LogP contribution < -0.4 is 4.18 Å². The molecule has 0 radical (unpaired) electrons. The lowest BCUT2D eigenvalue weighted by atomic mass is 10.1. The zero-order valence-electron chi connectivity index (χ0n) is 16.9. The second kappa shape index (κ2) is 7.23. The minimum atomic E-state index is -5.75. The molecule has 0 bridgehead atoms. The number of benzene rings is 2. The number of hydrogen-bond donors (Lipinski definition) is 0. The zero-order chi connectivity index (χ0) is 22.6. The Balaban J connectivity index is 1.91. The summed E-state index contributed by atoms with van der Waals surface area (Å²) >= 11 is 0. The number of rotatable bonds is 4. The van der Waals surface area contributed by atoms with Crippen molar-refractivity contribution < 1.29 is 25.8 Å². The quantitative estimate of drug-likeness (QED) is 0.325. The van der Waals surface area contributed by atoms with Crippen LogP contribution in [0.3, 0.4) is 0 Å². The number of aromatic nitrogens is 3. The molecule has 0 N–H and O–H groups in total. The summed E-state index contributed by atoms with van der Waals surface area (Å²) in [5, 5.41) is 1.20. The van der Waals surface area contributed by atoms with E-state index < -0.39 is 21.4 Å². The molecule has 0 spiro atoms. The molecule has 2 aromatic carbocycles. The fraction of sp³-hybridized carbons (Fsp3) is 0.238. The van der Waals surface area contributed by atoms with Gasteiger partial charge >= 0.3 is 15.6 Å². The van der Waals surface area contributed by atoms with Gasteiger partial charge in [0, 0.05) is 17.5 Å². The largest absolute Gasteiger partial charge is 0.534 e. The predicted octanol–water partition coefficient (Wildman–Crippen LogP) is 4.98. The van der Waals surface area contributed by atoms with Gasteiger partial charge in [-0.15, -0.1) is 0 Å². The Hall–Kier alpha value is -3.14. The van der Waals surface area contributed by atoms with E-state index in [4.69, 9.17) is 4.98 Å². The fourth-order valence-electron chi connectivity index (χ4n) is 3.56. The van der Waals surface area contributed by atoms with E-state index in [1.807, 2.05) is 37.5 Å². The first-order valence-corrected chi connectivity index (χ1v) is 10.8. The maximum atomic E-state index is 12.6. The van der Waals surface area contributed by atoms with Gasteiger partial charge in [-0.05, 0) is 55.1 Å². The van der Waals surface area contributed by atoms with Crippen molar-refractivity contribution in [3.63, 3.8) is 0 Å². The van der Waals surface area contributed by atoms with Crippen molar-refractivity contribution in [1.29, 1.82) is 0 Å². The first-order chi connectivity index (χ1) is 14.5. The van der Waals surface area contributed by atoms with Crippen LogP contribution in [0.5, 0.6) is 5.75 Å². The van der Waals surface area contributed by atoms with E-state index in [0.717, 1.165) is 28.3 Å². The topological polar surface area (TPSA) is 74.1 Å². The molecule has 0 amide bonds. The van der Waals surface area contributed by atoms with Gasteiger partial charge in [-0.3, -0.25) is 4.57 Å². The summed E-state index contributed by atoms with van der Waals surface area (Å²) < 4.78 is 66.8. The van der Waals surface area contributed by atoms with Gasteiger partial charge in [0.15, 0.2) is 5.65 Å². The van der Waals surface area contributed by atoms with E-state index in [-0.39, 0.29) is 0 Å². The Morgan fingerprint density at radius 1 is 1.06 bits per heavy atom. The van der Waals surface area contributed by atoms with Gasteiger partial charge in [-0.25, -0.2) is 9.97 Å². The summed E-state index contributed by atoms with van der Waals surface area (Å²) in [6, 6.07) is 11.2. The SMILES string of the molecule is CCc1nc2c(C)cc(C)nc2n1-c1cccc2cc(OS(=O)(=O)C(F)(F)F)ccc12. The molecule has 0 aliphatic heterocycles. The summed E-state index contributed by atoms with van der Waals surface area (Å²) in [6.45, 7) is 5.82. The molecule has 4 aromatic rings. The molecule has 0 saturated heterocycles. The maximum Gasteiger partial charge on any atom is 0.534 e. The number of fused-ring (bicyclic) bond motifs is 2. The lowest BCUT2D eigenvalue weighted by molar-refractivity contribution is -0.0500. The summed E-state index contributed by atoms with van der Waals surface area (Å²) in [5.41, 5.74) is -1.49. The molecule has 0 fully saturated rings. The minimum Gasteiger partial charge on any atom is -0.376 e. The van der Waals surface area contributed by atoms with Crippen molar-refractivity contribution in [1.82, 2.24) is 14.5 Å². The predicted molar refractivity (Wildman–Crippen MR) is 111 cm³/mol. The highest BCUT2D eigenvalue weighted by molar-refractivity contribution is 7.88. The van der Waals surface area contributed by atoms with Crippen molar-refractivity contribution in [2.75, 3.05) is 0 Å². The van der Waals surface area contributed by atoms with Crippen LogP contribution in [0.1, 0.15) is 24.0 Å². The third-order valence-electron chi connectivity index (χ3n) is 4.88. The first kappa shape index (κ1) is 21.1. The molecule has 2 aromatic heterocycles. The average Bonchev–Trinajstić information content (AvgIpc) is 3.04. The Labute approximate surface area is 176 Å².